The molecule has 3 rings (SSSR count). The van der Waals surface area contributed by atoms with Crippen molar-refractivity contribution in [3.05, 3.63) is 54.9 Å². The highest BCUT2D eigenvalue weighted by Crippen LogP contribution is 2.31. The fourth-order valence-electron chi connectivity index (χ4n) is 3.26. The minimum absolute atomic E-state index is 0.151. The maximum absolute atomic E-state index is 12.8. The standard InChI is InChI=1S/C20H19F3N6O/c1-2-17(30)29-12-11-28(13-16(29)7-8-24)19-18(25-9-10-26-19)27-15-5-3-14(4-6-15)20(21,22)23/h2-6,9-10,16H,1,7,11-13H2,(H,25,27)/t16-/m1/s1. The maximum Gasteiger partial charge on any atom is 0.416 e. The monoisotopic (exact) mass is 416 g/mol. The minimum Gasteiger partial charge on any atom is -0.350 e. The molecule has 0 spiro atoms. The number of nitrogens with zero attached hydrogens (tertiary/aromatic N) is 5. The number of nitrogens with one attached hydrogen (secondary N) is 1. The van der Waals surface area contributed by atoms with E-state index in [0.29, 0.717) is 37.0 Å². The Labute approximate surface area is 171 Å². The zero-order valence-corrected chi connectivity index (χ0v) is 15.9. The molecule has 0 bridgehead atoms. The second kappa shape index (κ2) is 8.82. The van der Waals surface area contributed by atoms with Gasteiger partial charge < -0.3 is 15.1 Å². The molecule has 7 nitrogen and oxygen atoms in total. The van der Waals surface area contributed by atoms with E-state index in [1.54, 1.807) is 4.90 Å². The largest absolute Gasteiger partial charge is 0.416 e. The molecular formula is C20H19F3N6O. The Balaban J connectivity index is 1.81. The van der Waals surface area contributed by atoms with Crippen LogP contribution in [0.3, 0.4) is 0 Å². The van der Waals surface area contributed by atoms with E-state index in [1.165, 1.54) is 30.6 Å². The molecule has 1 amide bonds. The molecule has 0 saturated carbocycles. The number of carbonyl (C=O) groups excluding carboxylic acids is 1. The Morgan fingerprint density at radius 2 is 1.97 bits per heavy atom. The number of hydrogen-bond acceptors (Lipinski definition) is 6. The Kier molecular flexibility index (Phi) is 6.20. The molecule has 30 heavy (non-hydrogen) atoms. The van der Waals surface area contributed by atoms with E-state index in [9.17, 15) is 18.0 Å². The molecule has 0 aliphatic carbocycles. The molecule has 0 unspecified atom stereocenters. The molecule has 0 radical (unpaired) electrons. The number of rotatable bonds is 5. The van der Waals surface area contributed by atoms with Crippen LogP contribution in [0.1, 0.15) is 12.0 Å². The topological polar surface area (TPSA) is 85.2 Å². The maximum atomic E-state index is 12.8. The van der Waals surface area contributed by atoms with Gasteiger partial charge in [-0.05, 0) is 30.3 Å². The first-order valence-corrected chi connectivity index (χ1v) is 9.13. The molecule has 1 saturated heterocycles. The van der Waals surface area contributed by atoms with Crippen molar-refractivity contribution in [2.24, 2.45) is 0 Å². The number of amides is 1. The second-order valence-electron chi connectivity index (χ2n) is 6.63. The first-order chi connectivity index (χ1) is 14.3. The average Bonchev–Trinajstić information content (AvgIpc) is 2.73. The zero-order valence-electron chi connectivity index (χ0n) is 15.9. The predicted octanol–water partition coefficient (Wildman–Crippen LogP) is 3.36. The van der Waals surface area contributed by atoms with Gasteiger partial charge in [0, 0.05) is 37.7 Å². The van der Waals surface area contributed by atoms with Gasteiger partial charge in [-0.3, -0.25) is 4.79 Å². The van der Waals surface area contributed by atoms with Gasteiger partial charge in [-0.1, -0.05) is 6.58 Å². The minimum atomic E-state index is -4.41. The Hall–Kier alpha value is -3.61. The smallest absolute Gasteiger partial charge is 0.350 e. The van der Waals surface area contributed by atoms with Crippen LogP contribution < -0.4 is 10.2 Å². The van der Waals surface area contributed by atoms with Crippen LogP contribution in [0.5, 0.6) is 0 Å². The fourth-order valence-corrected chi connectivity index (χ4v) is 3.26. The lowest BCUT2D eigenvalue weighted by molar-refractivity contribution is -0.137. The molecule has 10 heteroatoms. The van der Waals surface area contributed by atoms with Crippen LogP contribution in [-0.2, 0) is 11.0 Å². The third-order valence-corrected chi connectivity index (χ3v) is 4.72. The van der Waals surface area contributed by atoms with Crippen LogP contribution in [0.4, 0.5) is 30.5 Å². The molecule has 1 aromatic heterocycles. The second-order valence-corrected chi connectivity index (χ2v) is 6.63. The van der Waals surface area contributed by atoms with E-state index in [1.807, 2.05) is 4.90 Å². The summed E-state index contributed by atoms with van der Waals surface area (Å²) in [5, 5.41) is 12.1. The van der Waals surface area contributed by atoms with Gasteiger partial charge in [-0.15, -0.1) is 0 Å². The summed E-state index contributed by atoms with van der Waals surface area (Å²) in [7, 11) is 0. The first-order valence-electron chi connectivity index (χ1n) is 9.13. The highest BCUT2D eigenvalue weighted by molar-refractivity contribution is 5.87. The molecule has 2 aromatic rings. The van der Waals surface area contributed by atoms with Crippen LogP contribution in [0.2, 0.25) is 0 Å². The van der Waals surface area contributed by atoms with Gasteiger partial charge in [0.25, 0.3) is 0 Å². The van der Waals surface area contributed by atoms with E-state index < -0.39 is 11.7 Å². The van der Waals surface area contributed by atoms with E-state index in [4.69, 9.17) is 5.26 Å². The number of alkyl halides is 3. The predicted molar refractivity (Wildman–Crippen MR) is 105 cm³/mol. The third-order valence-electron chi connectivity index (χ3n) is 4.72. The van der Waals surface area contributed by atoms with Crippen molar-refractivity contribution >= 4 is 23.2 Å². The van der Waals surface area contributed by atoms with Gasteiger partial charge in [-0.2, -0.15) is 18.4 Å². The quantitative estimate of drug-likeness (QED) is 0.753. The lowest BCUT2D eigenvalue weighted by atomic mass is 10.1. The summed E-state index contributed by atoms with van der Waals surface area (Å²) in [6, 6.07) is 6.37. The van der Waals surface area contributed by atoms with Gasteiger partial charge in [0.2, 0.25) is 5.91 Å². The van der Waals surface area contributed by atoms with E-state index in [2.05, 4.69) is 27.9 Å². The summed E-state index contributed by atoms with van der Waals surface area (Å²) in [5.41, 5.74) is -0.312. The summed E-state index contributed by atoms with van der Waals surface area (Å²) >= 11 is 0. The Morgan fingerprint density at radius 3 is 2.60 bits per heavy atom. The lowest BCUT2D eigenvalue weighted by Crippen LogP contribution is -2.55. The van der Waals surface area contributed by atoms with Crippen LogP contribution >= 0.6 is 0 Å². The summed E-state index contributed by atoms with van der Waals surface area (Å²) in [4.78, 5) is 24.2. The number of halogens is 3. The van der Waals surface area contributed by atoms with Crippen molar-refractivity contribution in [3.8, 4) is 6.07 Å². The number of benzene rings is 1. The number of hydrogen-bond donors (Lipinski definition) is 1. The van der Waals surface area contributed by atoms with E-state index in [0.717, 1.165) is 12.1 Å². The fraction of sp³-hybridized carbons (Fsp3) is 0.300. The molecule has 1 aliphatic rings. The summed E-state index contributed by atoms with van der Waals surface area (Å²) in [6.07, 6.45) is -0.0551. The van der Waals surface area contributed by atoms with E-state index >= 15 is 0 Å². The molecule has 1 fully saturated rings. The zero-order chi connectivity index (χ0) is 21.7. The molecule has 1 aliphatic heterocycles. The molecule has 2 heterocycles. The highest BCUT2D eigenvalue weighted by Gasteiger charge is 2.32. The Bertz CT molecular complexity index is 954. The SMILES string of the molecule is C=CC(=O)N1CCN(c2nccnc2Nc2ccc(C(F)(F)F)cc2)C[C@H]1CC#N. The average molecular weight is 416 g/mol. The van der Waals surface area contributed by atoms with Crippen LogP contribution in [0, 0.1) is 11.3 Å². The van der Waals surface area contributed by atoms with Crippen molar-refractivity contribution in [1.82, 2.24) is 14.9 Å². The molecular weight excluding hydrogens is 397 g/mol. The van der Waals surface area contributed by atoms with Crippen molar-refractivity contribution in [2.75, 3.05) is 29.9 Å². The van der Waals surface area contributed by atoms with Gasteiger partial charge in [0.1, 0.15) is 0 Å². The normalized spacial score (nSPS) is 16.7. The Morgan fingerprint density at radius 1 is 1.27 bits per heavy atom. The van der Waals surface area contributed by atoms with E-state index in [-0.39, 0.29) is 18.4 Å². The first kappa shape index (κ1) is 21.1. The van der Waals surface area contributed by atoms with Crippen molar-refractivity contribution in [1.29, 1.82) is 5.26 Å². The lowest BCUT2D eigenvalue weighted by Gasteiger charge is -2.41. The molecule has 1 N–H and O–H groups in total. The summed E-state index contributed by atoms with van der Waals surface area (Å²) in [6.45, 7) is 4.71. The number of nitriles is 1. The number of carbonyl (C=O) groups is 1. The van der Waals surface area contributed by atoms with Gasteiger partial charge in [0.05, 0.1) is 24.1 Å². The van der Waals surface area contributed by atoms with Gasteiger partial charge in [-0.25, -0.2) is 9.97 Å². The van der Waals surface area contributed by atoms with Crippen LogP contribution in [0.25, 0.3) is 0 Å². The molecule has 1 atom stereocenters. The summed E-state index contributed by atoms with van der Waals surface area (Å²) in [5.74, 6) is 0.625. The number of anilines is 3. The molecule has 1 aromatic carbocycles. The van der Waals surface area contributed by atoms with Crippen LogP contribution in [-0.4, -0.2) is 46.5 Å². The molecule has 156 valence electrons. The third kappa shape index (κ3) is 4.68. The van der Waals surface area contributed by atoms with Crippen LogP contribution in [0.15, 0.2) is 49.3 Å². The summed E-state index contributed by atoms with van der Waals surface area (Å²) < 4.78 is 38.3. The highest BCUT2D eigenvalue weighted by atomic mass is 19.4. The number of aromatic nitrogens is 2. The van der Waals surface area contributed by atoms with Crippen molar-refractivity contribution in [3.63, 3.8) is 0 Å². The van der Waals surface area contributed by atoms with Gasteiger partial charge in [0.15, 0.2) is 11.6 Å². The van der Waals surface area contributed by atoms with Crippen molar-refractivity contribution in [2.45, 2.75) is 18.6 Å². The van der Waals surface area contributed by atoms with Crippen molar-refractivity contribution < 1.29 is 18.0 Å². The number of piperazine rings is 1. The van der Waals surface area contributed by atoms with Gasteiger partial charge >= 0.3 is 6.18 Å².